The largest absolute Gasteiger partial charge is 0.360 e. The molecule has 0 saturated heterocycles. The SMILES string of the molecule is Cc1ccc(-c2cc(C(=O)NNC(=O)CSCC(=O)Nc3cc(C)on3)c3ccccc3n2)cc1. The second-order valence-corrected chi connectivity index (χ2v) is 8.79. The number of benzene rings is 2. The predicted molar refractivity (Wildman–Crippen MR) is 135 cm³/mol. The maximum absolute atomic E-state index is 12.9. The van der Waals surface area contributed by atoms with Crippen LogP contribution in [0.25, 0.3) is 22.2 Å². The lowest BCUT2D eigenvalue weighted by molar-refractivity contribution is -0.119. The van der Waals surface area contributed by atoms with Gasteiger partial charge in [0.2, 0.25) is 11.8 Å². The lowest BCUT2D eigenvalue weighted by atomic mass is 10.0. The number of hydrogen-bond acceptors (Lipinski definition) is 7. The zero-order valence-corrected chi connectivity index (χ0v) is 19.9. The van der Waals surface area contributed by atoms with Crippen LogP contribution in [-0.2, 0) is 9.59 Å². The van der Waals surface area contributed by atoms with E-state index in [1.807, 2.05) is 55.5 Å². The van der Waals surface area contributed by atoms with Crippen LogP contribution < -0.4 is 16.2 Å². The summed E-state index contributed by atoms with van der Waals surface area (Å²) < 4.78 is 4.88. The number of aryl methyl sites for hydroxylation is 2. The summed E-state index contributed by atoms with van der Waals surface area (Å²) in [5, 5.41) is 6.93. The molecule has 2 heterocycles. The van der Waals surface area contributed by atoms with Crippen LogP contribution >= 0.6 is 11.8 Å². The van der Waals surface area contributed by atoms with Crippen LogP contribution in [0.5, 0.6) is 0 Å². The maximum atomic E-state index is 12.9. The number of hydrazine groups is 1. The number of fused-ring (bicyclic) bond motifs is 1. The Morgan fingerprint density at radius 1 is 0.914 bits per heavy atom. The van der Waals surface area contributed by atoms with E-state index in [9.17, 15) is 14.4 Å². The average Bonchev–Trinajstić information content (AvgIpc) is 3.26. The minimum Gasteiger partial charge on any atom is -0.360 e. The Hall–Kier alpha value is -4.18. The summed E-state index contributed by atoms with van der Waals surface area (Å²) in [4.78, 5) is 41.7. The monoisotopic (exact) mass is 489 g/mol. The molecule has 4 rings (SSSR count). The number of para-hydroxylation sites is 1. The van der Waals surface area contributed by atoms with Crippen molar-refractivity contribution in [3.05, 3.63) is 77.6 Å². The maximum Gasteiger partial charge on any atom is 0.270 e. The Kier molecular flexibility index (Phi) is 7.41. The number of carbonyl (C=O) groups excluding carboxylic acids is 3. The Balaban J connectivity index is 1.36. The zero-order valence-electron chi connectivity index (χ0n) is 19.1. The Bertz CT molecular complexity index is 1380. The molecule has 0 atom stereocenters. The number of hydrogen-bond donors (Lipinski definition) is 3. The number of aromatic nitrogens is 2. The van der Waals surface area contributed by atoms with Crippen molar-refractivity contribution in [3.63, 3.8) is 0 Å². The zero-order chi connectivity index (χ0) is 24.8. The number of amides is 3. The van der Waals surface area contributed by atoms with E-state index in [0.29, 0.717) is 33.7 Å². The van der Waals surface area contributed by atoms with Crippen molar-refractivity contribution >= 4 is 46.2 Å². The third-order valence-electron chi connectivity index (χ3n) is 4.99. The molecular formula is C25H23N5O4S. The minimum absolute atomic E-state index is 0.0166. The highest BCUT2D eigenvalue weighted by Crippen LogP contribution is 2.25. The molecule has 178 valence electrons. The van der Waals surface area contributed by atoms with Crippen LogP contribution in [0.4, 0.5) is 5.82 Å². The van der Waals surface area contributed by atoms with Gasteiger partial charge in [-0.25, -0.2) is 4.98 Å². The third kappa shape index (κ3) is 6.24. The first-order valence-electron chi connectivity index (χ1n) is 10.8. The van der Waals surface area contributed by atoms with Gasteiger partial charge in [-0.3, -0.25) is 25.2 Å². The average molecular weight is 490 g/mol. The molecule has 0 aliphatic heterocycles. The molecule has 4 aromatic rings. The third-order valence-corrected chi connectivity index (χ3v) is 5.92. The lowest BCUT2D eigenvalue weighted by Gasteiger charge is -2.11. The summed E-state index contributed by atoms with van der Waals surface area (Å²) in [5.74, 6) is -0.290. The van der Waals surface area contributed by atoms with Crippen LogP contribution in [0.2, 0.25) is 0 Å². The van der Waals surface area contributed by atoms with Gasteiger partial charge in [0, 0.05) is 17.0 Å². The fraction of sp³-hybridized carbons (Fsp3) is 0.160. The highest BCUT2D eigenvalue weighted by atomic mass is 32.2. The van der Waals surface area contributed by atoms with Crippen molar-refractivity contribution in [1.82, 2.24) is 21.0 Å². The standard InChI is InChI=1S/C25H23N5O4S/c1-15-7-9-17(10-8-15)21-12-19(18-5-3-4-6-20(18)26-21)25(33)29-28-24(32)14-35-13-23(31)27-22-11-16(2)34-30-22/h3-12H,13-14H2,1-2H3,(H,28,32)(H,29,33)(H,27,30,31). The summed E-state index contributed by atoms with van der Waals surface area (Å²) in [6.07, 6.45) is 0. The van der Waals surface area contributed by atoms with Crippen molar-refractivity contribution in [2.24, 2.45) is 0 Å². The molecule has 0 saturated carbocycles. The van der Waals surface area contributed by atoms with Gasteiger partial charge in [-0.15, -0.1) is 11.8 Å². The molecule has 10 heteroatoms. The van der Waals surface area contributed by atoms with Gasteiger partial charge >= 0.3 is 0 Å². The summed E-state index contributed by atoms with van der Waals surface area (Å²) in [6.45, 7) is 3.72. The van der Waals surface area contributed by atoms with Crippen molar-refractivity contribution in [2.45, 2.75) is 13.8 Å². The first-order valence-corrected chi connectivity index (χ1v) is 11.9. The van der Waals surface area contributed by atoms with E-state index in [4.69, 9.17) is 4.52 Å². The molecule has 35 heavy (non-hydrogen) atoms. The molecule has 0 aliphatic rings. The topological polar surface area (TPSA) is 126 Å². The summed E-state index contributed by atoms with van der Waals surface area (Å²) in [6, 6.07) is 18.5. The smallest absolute Gasteiger partial charge is 0.270 e. The van der Waals surface area contributed by atoms with Crippen molar-refractivity contribution < 1.29 is 18.9 Å². The summed E-state index contributed by atoms with van der Waals surface area (Å²) in [5.41, 5.74) is 8.58. The summed E-state index contributed by atoms with van der Waals surface area (Å²) in [7, 11) is 0. The first-order chi connectivity index (χ1) is 16.9. The lowest BCUT2D eigenvalue weighted by Crippen LogP contribution is -2.42. The van der Waals surface area contributed by atoms with Crippen LogP contribution in [0.1, 0.15) is 21.7 Å². The van der Waals surface area contributed by atoms with Gasteiger partial charge in [-0.2, -0.15) is 0 Å². The van der Waals surface area contributed by atoms with Crippen molar-refractivity contribution in [2.75, 3.05) is 16.8 Å². The normalized spacial score (nSPS) is 10.7. The Labute approximate surface area is 205 Å². The van der Waals surface area contributed by atoms with E-state index < -0.39 is 11.8 Å². The molecule has 3 N–H and O–H groups in total. The van der Waals surface area contributed by atoms with Gasteiger partial charge in [0.15, 0.2) is 5.82 Å². The number of pyridine rings is 1. The molecular weight excluding hydrogens is 466 g/mol. The van der Waals surface area contributed by atoms with E-state index in [1.165, 1.54) is 0 Å². The molecule has 0 spiro atoms. The van der Waals surface area contributed by atoms with Gasteiger partial charge in [0.05, 0.1) is 28.3 Å². The highest BCUT2D eigenvalue weighted by Gasteiger charge is 2.15. The van der Waals surface area contributed by atoms with E-state index in [0.717, 1.165) is 22.9 Å². The van der Waals surface area contributed by atoms with Crippen molar-refractivity contribution in [1.29, 1.82) is 0 Å². The summed E-state index contributed by atoms with van der Waals surface area (Å²) >= 11 is 1.10. The van der Waals surface area contributed by atoms with Crippen molar-refractivity contribution in [3.8, 4) is 11.3 Å². The van der Waals surface area contributed by atoms with Gasteiger partial charge in [-0.05, 0) is 26.0 Å². The van der Waals surface area contributed by atoms with E-state index in [-0.39, 0.29) is 17.4 Å². The molecule has 2 aromatic heterocycles. The van der Waals surface area contributed by atoms with Gasteiger partial charge in [0.1, 0.15) is 5.76 Å². The number of carbonyl (C=O) groups is 3. The fourth-order valence-electron chi connectivity index (χ4n) is 3.31. The van der Waals surface area contributed by atoms with Gasteiger partial charge in [0.25, 0.3) is 5.91 Å². The molecule has 2 aromatic carbocycles. The minimum atomic E-state index is -0.463. The molecule has 0 aliphatic carbocycles. The second kappa shape index (κ2) is 10.8. The number of thioether (sulfide) groups is 1. The predicted octanol–water partition coefficient (Wildman–Crippen LogP) is 3.64. The van der Waals surface area contributed by atoms with E-state index in [2.05, 4.69) is 26.3 Å². The van der Waals surface area contributed by atoms with Crippen LogP contribution in [0.3, 0.4) is 0 Å². The molecule has 9 nitrogen and oxygen atoms in total. The van der Waals surface area contributed by atoms with E-state index >= 15 is 0 Å². The number of nitrogens with zero attached hydrogens (tertiary/aromatic N) is 2. The van der Waals surface area contributed by atoms with Gasteiger partial charge in [-0.1, -0.05) is 53.2 Å². The quantitative estimate of drug-likeness (QED) is 0.338. The first kappa shape index (κ1) is 24.0. The van der Waals surface area contributed by atoms with E-state index in [1.54, 1.807) is 19.1 Å². The molecule has 3 amide bonds. The Morgan fingerprint density at radius 3 is 2.40 bits per heavy atom. The highest BCUT2D eigenvalue weighted by molar-refractivity contribution is 8.00. The molecule has 0 unspecified atom stereocenters. The number of anilines is 1. The molecule has 0 fully saturated rings. The number of rotatable bonds is 7. The molecule has 0 radical (unpaired) electrons. The van der Waals surface area contributed by atoms with Crippen LogP contribution in [0, 0.1) is 13.8 Å². The Morgan fingerprint density at radius 2 is 1.66 bits per heavy atom. The molecule has 0 bridgehead atoms. The second-order valence-electron chi connectivity index (χ2n) is 7.80. The van der Waals surface area contributed by atoms with Crippen LogP contribution in [-0.4, -0.2) is 39.4 Å². The van der Waals surface area contributed by atoms with Gasteiger partial charge < -0.3 is 9.84 Å². The number of nitrogens with one attached hydrogen (secondary N) is 3. The van der Waals surface area contributed by atoms with Crippen LogP contribution in [0.15, 0.2) is 65.2 Å². The fourth-order valence-corrected chi connectivity index (χ4v) is 3.92.